The smallest absolute Gasteiger partial charge is 0.322 e. The average molecular weight is 226 g/mol. The van der Waals surface area contributed by atoms with Crippen LogP contribution < -0.4 is 16.0 Å². The van der Waals surface area contributed by atoms with Crippen molar-refractivity contribution in [3.8, 4) is 0 Å². The van der Waals surface area contributed by atoms with Crippen LogP contribution in [0.1, 0.15) is 6.42 Å². The Balaban J connectivity index is 2.05. The SMILES string of the molecule is CNCC(=O)N1CCC2(C1)NC(=O)NC2=O. The summed E-state index contributed by atoms with van der Waals surface area (Å²) in [7, 11) is 1.69. The summed E-state index contributed by atoms with van der Waals surface area (Å²) in [5.74, 6) is -0.398. The van der Waals surface area contributed by atoms with E-state index in [1.807, 2.05) is 0 Å². The van der Waals surface area contributed by atoms with Gasteiger partial charge in [0.25, 0.3) is 5.91 Å². The van der Waals surface area contributed by atoms with Crippen molar-refractivity contribution in [1.29, 1.82) is 0 Å². The van der Waals surface area contributed by atoms with E-state index >= 15 is 0 Å². The fourth-order valence-electron chi connectivity index (χ4n) is 2.10. The zero-order valence-electron chi connectivity index (χ0n) is 9.00. The molecule has 0 saturated carbocycles. The highest BCUT2D eigenvalue weighted by Crippen LogP contribution is 2.24. The van der Waals surface area contributed by atoms with Crippen LogP contribution >= 0.6 is 0 Å². The predicted molar refractivity (Wildman–Crippen MR) is 54.5 cm³/mol. The van der Waals surface area contributed by atoms with Crippen LogP contribution in [0, 0.1) is 0 Å². The molecule has 0 aromatic heterocycles. The van der Waals surface area contributed by atoms with Crippen LogP contribution in [0.4, 0.5) is 4.79 Å². The number of urea groups is 1. The van der Waals surface area contributed by atoms with E-state index in [9.17, 15) is 14.4 Å². The molecule has 2 aliphatic heterocycles. The van der Waals surface area contributed by atoms with Gasteiger partial charge in [-0.1, -0.05) is 0 Å². The van der Waals surface area contributed by atoms with Gasteiger partial charge in [0.05, 0.1) is 13.1 Å². The van der Waals surface area contributed by atoms with Crippen molar-refractivity contribution in [2.24, 2.45) is 0 Å². The molecule has 16 heavy (non-hydrogen) atoms. The van der Waals surface area contributed by atoms with Crippen molar-refractivity contribution in [3.05, 3.63) is 0 Å². The number of likely N-dealkylation sites (tertiary alicyclic amines) is 1. The Morgan fingerprint density at radius 2 is 2.31 bits per heavy atom. The van der Waals surface area contributed by atoms with Gasteiger partial charge in [-0.2, -0.15) is 0 Å². The summed E-state index contributed by atoms with van der Waals surface area (Å²) < 4.78 is 0. The zero-order valence-corrected chi connectivity index (χ0v) is 9.00. The second kappa shape index (κ2) is 3.75. The highest BCUT2D eigenvalue weighted by Gasteiger charge is 2.51. The lowest BCUT2D eigenvalue weighted by atomic mass is 10.00. The van der Waals surface area contributed by atoms with Gasteiger partial charge in [0.15, 0.2) is 0 Å². The van der Waals surface area contributed by atoms with Gasteiger partial charge in [-0.25, -0.2) is 4.79 Å². The minimum absolute atomic E-state index is 0.0617. The molecule has 0 bridgehead atoms. The molecule has 0 aromatic rings. The minimum atomic E-state index is -0.902. The van der Waals surface area contributed by atoms with Crippen molar-refractivity contribution >= 4 is 17.8 Å². The van der Waals surface area contributed by atoms with E-state index in [1.54, 1.807) is 11.9 Å². The summed E-state index contributed by atoms with van der Waals surface area (Å²) in [5.41, 5.74) is -0.902. The van der Waals surface area contributed by atoms with Gasteiger partial charge in [-0.15, -0.1) is 0 Å². The highest BCUT2D eigenvalue weighted by molar-refractivity contribution is 6.07. The molecule has 0 radical (unpaired) electrons. The molecule has 2 saturated heterocycles. The van der Waals surface area contributed by atoms with Gasteiger partial charge < -0.3 is 15.5 Å². The number of carbonyl (C=O) groups excluding carboxylic acids is 3. The second-order valence-electron chi connectivity index (χ2n) is 4.09. The Labute approximate surface area is 92.5 Å². The fourth-order valence-corrected chi connectivity index (χ4v) is 2.10. The summed E-state index contributed by atoms with van der Waals surface area (Å²) in [6.07, 6.45) is 0.472. The maximum absolute atomic E-state index is 11.6. The number of imide groups is 1. The standard InChI is InChI=1S/C9H14N4O3/c1-10-4-6(14)13-3-2-9(5-13)7(15)11-8(16)12-9/h10H,2-5H2,1H3,(H2,11,12,15,16). The summed E-state index contributed by atoms with van der Waals surface area (Å²) in [4.78, 5) is 35.8. The molecule has 2 fully saturated rings. The number of nitrogens with one attached hydrogen (secondary N) is 3. The number of amides is 4. The molecule has 0 aliphatic carbocycles. The normalized spacial score (nSPS) is 28.4. The Bertz CT molecular complexity index is 357. The molecule has 1 unspecified atom stereocenters. The van der Waals surface area contributed by atoms with Gasteiger partial charge in [0.2, 0.25) is 5.91 Å². The average Bonchev–Trinajstić information content (AvgIpc) is 2.74. The maximum atomic E-state index is 11.6. The van der Waals surface area contributed by atoms with Crippen molar-refractivity contribution in [1.82, 2.24) is 20.9 Å². The molecule has 7 heteroatoms. The Hall–Kier alpha value is -1.63. The van der Waals surface area contributed by atoms with Crippen molar-refractivity contribution in [3.63, 3.8) is 0 Å². The molecule has 0 aromatic carbocycles. The maximum Gasteiger partial charge on any atom is 0.322 e. The first kappa shape index (κ1) is 10.9. The predicted octanol–water partition coefficient (Wildman–Crippen LogP) is -1.98. The molecule has 2 rings (SSSR count). The first-order valence-corrected chi connectivity index (χ1v) is 5.13. The summed E-state index contributed by atoms with van der Waals surface area (Å²) in [6.45, 7) is 0.991. The molecule has 2 aliphatic rings. The number of likely N-dealkylation sites (N-methyl/N-ethyl adjacent to an activating group) is 1. The lowest BCUT2D eigenvalue weighted by Gasteiger charge is -2.20. The van der Waals surface area contributed by atoms with Crippen LogP contribution in [0.3, 0.4) is 0 Å². The fraction of sp³-hybridized carbons (Fsp3) is 0.667. The molecule has 7 nitrogen and oxygen atoms in total. The molecule has 88 valence electrons. The van der Waals surface area contributed by atoms with E-state index < -0.39 is 11.6 Å². The number of hydrogen-bond donors (Lipinski definition) is 3. The number of carbonyl (C=O) groups is 3. The summed E-state index contributed by atoms with van der Waals surface area (Å²) >= 11 is 0. The second-order valence-corrected chi connectivity index (χ2v) is 4.09. The third-order valence-electron chi connectivity index (χ3n) is 2.96. The number of rotatable bonds is 2. The van der Waals surface area contributed by atoms with Crippen LogP contribution in [-0.2, 0) is 9.59 Å². The molecule has 2 heterocycles. The lowest BCUT2D eigenvalue weighted by Crippen LogP contribution is -2.50. The number of nitrogens with zero attached hydrogens (tertiary/aromatic N) is 1. The summed E-state index contributed by atoms with van der Waals surface area (Å²) in [6, 6.07) is -0.479. The molecule has 4 amide bonds. The molecule has 1 atom stereocenters. The van der Waals surface area contributed by atoms with Crippen molar-refractivity contribution in [2.75, 3.05) is 26.7 Å². The minimum Gasteiger partial charge on any atom is -0.339 e. The first-order chi connectivity index (χ1) is 7.57. The zero-order chi connectivity index (χ0) is 11.8. The van der Waals surface area contributed by atoms with Crippen molar-refractivity contribution in [2.45, 2.75) is 12.0 Å². The van der Waals surface area contributed by atoms with E-state index in [4.69, 9.17) is 0 Å². The topological polar surface area (TPSA) is 90.5 Å². The monoisotopic (exact) mass is 226 g/mol. The number of hydrogen-bond acceptors (Lipinski definition) is 4. The molecular formula is C9H14N4O3. The van der Waals surface area contributed by atoms with Crippen LogP contribution in [0.15, 0.2) is 0 Å². The van der Waals surface area contributed by atoms with E-state index in [0.29, 0.717) is 13.0 Å². The molecule has 3 N–H and O–H groups in total. The van der Waals surface area contributed by atoms with Crippen LogP contribution in [0.2, 0.25) is 0 Å². The third-order valence-corrected chi connectivity index (χ3v) is 2.96. The Morgan fingerprint density at radius 3 is 2.88 bits per heavy atom. The van der Waals surface area contributed by atoms with Crippen LogP contribution in [0.5, 0.6) is 0 Å². The first-order valence-electron chi connectivity index (χ1n) is 5.13. The molecular weight excluding hydrogens is 212 g/mol. The van der Waals surface area contributed by atoms with Gasteiger partial charge in [-0.05, 0) is 13.5 Å². The van der Waals surface area contributed by atoms with Gasteiger partial charge >= 0.3 is 6.03 Å². The third kappa shape index (κ3) is 1.63. The van der Waals surface area contributed by atoms with Crippen LogP contribution in [0.25, 0.3) is 0 Å². The van der Waals surface area contributed by atoms with Crippen LogP contribution in [-0.4, -0.2) is 55.0 Å². The van der Waals surface area contributed by atoms with Gasteiger partial charge in [0, 0.05) is 6.54 Å². The quantitative estimate of drug-likeness (QED) is 0.476. The Morgan fingerprint density at radius 1 is 1.56 bits per heavy atom. The van der Waals surface area contributed by atoms with E-state index in [1.165, 1.54) is 0 Å². The van der Waals surface area contributed by atoms with Gasteiger partial charge in [-0.3, -0.25) is 14.9 Å². The van der Waals surface area contributed by atoms with Gasteiger partial charge in [0.1, 0.15) is 5.54 Å². The van der Waals surface area contributed by atoms with E-state index in [-0.39, 0.29) is 24.9 Å². The molecule has 1 spiro atoms. The van der Waals surface area contributed by atoms with E-state index in [2.05, 4.69) is 16.0 Å². The largest absolute Gasteiger partial charge is 0.339 e. The van der Waals surface area contributed by atoms with E-state index in [0.717, 1.165) is 0 Å². The van der Waals surface area contributed by atoms with Crippen molar-refractivity contribution < 1.29 is 14.4 Å². The Kier molecular flexibility index (Phi) is 2.55. The summed E-state index contributed by atoms with van der Waals surface area (Å²) in [5, 5.41) is 7.55. The highest BCUT2D eigenvalue weighted by atomic mass is 16.2. The lowest BCUT2D eigenvalue weighted by molar-refractivity contribution is -0.129.